The summed E-state index contributed by atoms with van der Waals surface area (Å²) in [7, 11) is 0. The summed E-state index contributed by atoms with van der Waals surface area (Å²) in [5.74, 6) is 3.34. The molecule has 0 aromatic heterocycles. The molecule has 5 rings (SSSR count). The lowest BCUT2D eigenvalue weighted by atomic mass is 9.32. The van der Waals surface area contributed by atoms with Gasteiger partial charge in [0.05, 0.1) is 0 Å². The minimum Gasteiger partial charge on any atom is -0.303 e. The monoisotopic (exact) mass is 438 g/mol. The van der Waals surface area contributed by atoms with Gasteiger partial charge in [-0.05, 0) is 111 Å². The van der Waals surface area contributed by atoms with E-state index in [1.54, 1.807) is 0 Å². The van der Waals surface area contributed by atoms with Crippen LogP contribution in [0.15, 0.2) is 12.2 Å². The lowest BCUT2D eigenvalue weighted by Crippen LogP contribution is -2.66. The molecule has 0 spiro atoms. The van der Waals surface area contributed by atoms with E-state index in [-0.39, 0.29) is 21.7 Å². The van der Waals surface area contributed by atoms with Crippen LogP contribution in [0.25, 0.3) is 0 Å². The lowest BCUT2D eigenvalue weighted by molar-refractivity contribution is -0.231. The minimum atomic E-state index is -0.179. The number of hydrogen-bond acceptors (Lipinski definition) is 2. The highest BCUT2D eigenvalue weighted by Crippen LogP contribution is 2.77. The van der Waals surface area contributed by atoms with Gasteiger partial charge in [0.25, 0.3) is 0 Å². The first-order valence-electron chi connectivity index (χ1n) is 13.5. The highest BCUT2D eigenvalue weighted by molar-refractivity contribution is 5.85. The number of allylic oxidation sites excluding steroid dienone is 1. The molecule has 0 radical (unpaired) electrons. The van der Waals surface area contributed by atoms with E-state index in [4.69, 9.17) is 0 Å². The van der Waals surface area contributed by atoms with Gasteiger partial charge in [-0.3, -0.25) is 4.79 Å². The van der Waals surface area contributed by atoms with Crippen molar-refractivity contribution in [3.63, 3.8) is 0 Å². The Labute approximate surface area is 196 Å². The molecule has 5 fully saturated rings. The second-order valence-corrected chi connectivity index (χ2v) is 14.2. The van der Waals surface area contributed by atoms with Crippen LogP contribution in [0.2, 0.25) is 0 Å². The Morgan fingerprint density at radius 1 is 0.875 bits per heavy atom. The second kappa shape index (κ2) is 6.82. The van der Waals surface area contributed by atoms with Gasteiger partial charge in [0.2, 0.25) is 0 Å². The zero-order valence-electron chi connectivity index (χ0n) is 21.6. The second-order valence-electron chi connectivity index (χ2n) is 14.2. The van der Waals surface area contributed by atoms with Gasteiger partial charge >= 0.3 is 0 Å². The molecule has 0 bridgehead atoms. The van der Waals surface area contributed by atoms with Crippen LogP contribution in [-0.4, -0.2) is 12.1 Å². The van der Waals surface area contributed by atoms with E-state index in [1.807, 2.05) is 0 Å². The predicted octanol–water partition coefficient (Wildman–Crippen LogP) is 7.41. The van der Waals surface area contributed by atoms with Gasteiger partial charge in [0.1, 0.15) is 12.1 Å². The van der Waals surface area contributed by atoms with Crippen LogP contribution >= 0.6 is 0 Å². The molecule has 5 saturated carbocycles. The fourth-order valence-corrected chi connectivity index (χ4v) is 11.2. The number of ketones is 1. The van der Waals surface area contributed by atoms with Gasteiger partial charge in [0.15, 0.2) is 0 Å². The van der Waals surface area contributed by atoms with Gasteiger partial charge < -0.3 is 4.79 Å². The molecule has 2 heteroatoms. The normalized spacial score (nSPS) is 54.1. The topological polar surface area (TPSA) is 34.1 Å². The molecule has 0 amide bonds. The summed E-state index contributed by atoms with van der Waals surface area (Å²) < 4.78 is 0. The molecule has 0 aliphatic heterocycles. The quantitative estimate of drug-likeness (QED) is 0.332. The van der Waals surface area contributed by atoms with Gasteiger partial charge in [-0.15, -0.1) is 0 Å². The highest BCUT2D eigenvalue weighted by Gasteiger charge is 2.70. The molecule has 32 heavy (non-hydrogen) atoms. The van der Waals surface area contributed by atoms with Crippen LogP contribution in [-0.2, 0) is 9.59 Å². The first-order valence-corrected chi connectivity index (χ1v) is 13.5. The zero-order chi connectivity index (χ0) is 23.3. The van der Waals surface area contributed by atoms with Crippen molar-refractivity contribution in [1.29, 1.82) is 0 Å². The fourth-order valence-electron chi connectivity index (χ4n) is 11.2. The number of Topliss-reactive ketones (excluding diaryl/α,β-unsaturated/α-hetero) is 1. The molecule has 0 saturated heterocycles. The van der Waals surface area contributed by atoms with Gasteiger partial charge in [-0.2, -0.15) is 0 Å². The number of aldehydes is 1. The van der Waals surface area contributed by atoms with Crippen LogP contribution in [0.1, 0.15) is 106 Å². The van der Waals surface area contributed by atoms with E-state index in [9.17, 15) is 9.59 Å². The molecule has 0 aromatic rings. The standard InChI is InChI=1S/C30H46O2/c1-19(2)20-10-15-30(18-31)17-16-28(6)21(25(20)30)8-9-23-27(5)13-12-24(32)26(3,4)22(27)11-14-29(23,28)7/h18,20-23,25H,1,8-17H2,2-7H3/t20-,21?,22-,23?,25?,27-,28+,29+,30+/m0/s1. The summed E-state index contributed by atoms with van der Waals surface area (Å²) in [4.78, 5) is 25.4. The van der Waals surface area contributed by atoms with Crippen molar-refractivity contribution in [1.82, 2.24) is 0 Å². The third-order valence-electron chi connectivity index (χ3n) is 13.1. The predicted molar refractivity (Wildman–Crippen MR) is 130 cm³/mol. The highest BCUT2D eigenvalue weighted by atomic mass is 16.1. The number of rotatable bonds is 2. The smallest absolute Gasteiger partial charge is 0.138 e. The van der Waals surface area contributed by atoms with Crippen molar-refractivity contribution in [2.45, 2.75) is 106 Å². The molecule has 5 aliphatic rings. The SMILES string of the molecule is C=C(C)[C@@H]1CC[C@]2(C=O)CC[C@]3(C)C(CCC4[C@@]5(C)CCC(=O)C(C)(C)[C@@H]5CC[C@]43C)C12. The third-order valence-corrected chi connectivity index (χ3v) is 13.1. The Kier molecular flexibility index (Phi) is 4.87. The van der Waals surface area contributed by atoms with E-state index in [0.29, 0.717) is 40.8 Å². The molecule has 0 heterocycles. The van der Waals surface area contributed by atoms with Crippen molar-refractivity contribution >= 4 is 12.1 Å². The van der Waals surface area contributed by atoms with Crippen LogP contribution in [0, 0.1) is 56.7 Å². The maximum Gasteiger partial charge on any atom is 0.138 e. The van der Waals surface area contributed by atoms with E-state index in [2.05, 4.69) is 48.1 Å². The van der Waals surface area contributed by atoms with E-state index in [1.165, 1.54) is 44.0 Å². The third kappa shape index (κ3) is 2.54. The largest absolute Gasteiger partial charge is 0.303 e. The van der Waals surface area contributed by atoms with E-state index >= 15 is 0 Å². The molecular weight excluding hydrogens is 392 g/mol. The van der Waals surface area contributed by atoms with Crippen molar-refractivity contribution in [3.05, 3.63) is 12.2 Å². The molecule has 0 N–H and O–H groups in total. The summed E-state index contributed by atoms with van der Waals surface area (Å²) in [5, 5.41) is 0. The summed E-state index contributed by atoms with van der Waals surface area (Å²) in [6, 6.07) is 0. The number of hydrogen-bond donors (Lipinski definition) is 0. The molecule has 2 nitrogen and oxygen atoms in total. The first kappa shape index (κ1) is 22.9. The van der Waals surface area contributed by atoms with E-state index < -0.39 is 0 Å². The molecule has 9 atom stereocenters. The van der Waals surface area contributed by atoms with Crippen LogP contribution in [0.4, 0.5) is 0 Å². The first-order chi connectivity index (χ1) is 14.9. The van der Waals surface area contributed by atoms with E-state index in [0.717, 1.165) is 32.1 Å². The van der Waals surface area contributed by atoms with Gasteiger partial charge in [-0.1, -0.05) is 46.8 Å². The lowest BCUT2D eigenvalue weighted by Gasteiger charge is -2.72. The molecule has 3 unspecified atom stereocenters. The van der Waals surface area contributed by atoms with Gasteiger partial charge in [0, 0.05) is 17.3 Å². The van der Waals surface area contributed by atoms with Crippen LogP contribution in [0.5, 0.6) is 0 Å². The van der Waals surface area contributed by atoms with Gasteiger partial charge in [-0.25, -0.2) is 0 Å². The average molecular weight is 439 g/mol. The van der Waals surface area contributed by atoms with Crippen LogP contribution in [0.3, 0.4) is 0 Å². The summed E-state index contributed by atoms with van der Waals surface area (Å²) in [6.45, 7) is 18.9. The van der Waals surface area contributed by atoms with Crippen molar-refractivity contribution in [3.8, 4) is 0 Å². The Hall–Kier alpha value is -0.920. The van der Waals surface area contributed by atoms with Crippen LogP contribution < -0.4 is 0 Å². The number of fused-ring (bicyclic) bond motifs is 7. The Balaban J connectivity index is 1.56. The average Bonchev–Trinajstić information content (AvgIpc) is 3.12. The molecular formula is C30H46O2. The summed E-state index contributed by atoms with van der Waals surface area (Å²) in [5.41, 5.74) is 1.87. The molecule has 5 aliphatic carbocycles. The van der Waals surface area contributed by atoms with Crippen molar-refractivity contribution < 1.29 is 9.59 Å². The summed E-state index contributed by atoms with van der Waals surface area (Å²) >= 11 is 0. The molecule has 178 valence electrons. The number of carbonyl (C=O) groups is 2. The minimum absolute atomic E-state index is 0.0999. The maximum atomic E-state index is 12.9. The van der Waals surface area contributed by atoms with Crippen molar-refractivity contribution in [2.24, 2.45) is 56.7 Å². The Morgan fingerprint density at radius 3 is 2.25 bits per heavy atom. The van der Waals surface area contributed by atoms with Crippen molar-refractivity contribution in [2.75, 3.05) is 0 Å². The summed E-state index contributed by atoms with van der Waals surface area (Å²) in [6.07, 6.45) is 12.7. The zero-order valence-corrected chi connectivity index (χ0v) is 21.6. The maximum absolute atomic E-state index is 12.9. The fraction of sp³-hybridized carbons (Fsp3) is 0.867. The Bertz CT molecular complexity index is 855. The molecule has 0 aromatic carbocycles. The Morgan fingerprint density at radius 2 is 1.59 bits per heavy atom. The number of carbonyl (C=O) groups excluding carboxylic acids is 2.